The Labute approximate surface area is 68.2 Å². The minimum absolute atomic E-state index is 0.468. The summed E-state index contributed by atoms with van der Waals surface area (Å²) in [6.07, 6.45) is 8.50. The molecule has 1 heteroatoms. The average molecular weight is 152 g/mol. The first kappa shape index (κ1) is 7.33. The van der Waals surface area contributed by atoms with E-state index in [2.05, 4.69) is 0 Å². The number of carbonyl (C=O) groups excluding carboxylic acids is 1. The minimum atomic E-state index is 0.468. The van der Waals surface area contributed by atoms with Gasteiger partial charge in [0, 0.05) is 12.3 Å². The minimum Gasteiger partial charge on any atom is -0.299 e. The summed E-state index contributed by atoms with van der Waals surface area (Å²) in [6, 6.07) is 0. The topological polar surface area (TPSA) is 17.1 Å². The van der Waals surface area contributed by atoms with Gasteiger partial charge in [0.2, 0.25) is 0 Å². The number of rotatable bonds is 3. The SMILES string of the molecule is O=C(CC1CC1)C1CCCC1. The van der Waals surface area contributed by atoms with E-state index in [-0.39, 0.29) is 0 Å². The molecule has 2 aliphatic rings. The van der Waals surface area contributed by atoms with Crippen molar-refractivity contribution < 1.29 is 4.79 Å². The number of hydrogen-bond acceptors (Lipinski definition) is 1. The third-order valence-corrected chi connectivity index (χ3v) is 3.00. The van der Waals surface area contributed by atoms with E-state index in [1.54, 1.807) is 0 Å². The maximum atomic E-state index is 11.5. The molecular weight excluding hydrogens is 136 g/mol. The van der Waals surface area contributed by atoms with Crippen molar-refractivity contribution in [2.24, 2.45) is 11.8 Å². The second kappa shape index (κ2) is 2.96. The van der Waals surface area contributed by atoms with Crippen LogP contribution in [0.15, 0.2) is 0 Å². The van der Waals surface area contributed by atoms with Gasteiger partial charge in [-0.1, -0.05) is 12.8 Å². The first-order chi connectivity index (χ1) is 5.36. The second-order valence-corrected chi connectivity index (χ2v) is 4.10. The quantitative estimate of drug-likeness (QED) is 0.607. The van der Waals surface area contributed by atoms with Crippen molar-refractivity contribution in [3.05, 3.63) is 0 Å². The molecule has 0 heterocycles. The molecule has 0 bridgehead atoms. The summed E-state index contributed by atoms with van der Waals surface area (Å²) in [7, 11) is 0. The van der Waals surface area contributed by atoms with Crippen LogP contribution >= 0.6 is 0 Å². The zero-order valence-electron chi connectivity index (χ0n) is 7.01. The van der Waals surface area contributed by atoms with Crippen molar-refractivity contribution in [1.82, 2.24) is 0 Å². The molecule has 62 valence electrons. The van der Waals surface area contributed by atoms with Gasteiger partial charge in [-0.3, -0.25) is 4.79 Å². The fraction of sp³-hybridized carbons (Fsp3) is 0.900. The first-order valence-corrected chi connectivity index (χ1v) is 4.89. The lowest BCUT2D eigenvalue weighted by Gasteiger charge is -2.05. The van der Waals surface area contributed by atoms with Crippen LogP contribution in [-0.4, -0.2) is 5.78 Å². The fourth-order valence-electron chi connectivity index (χ4n) is 2.02. The fourth-order valence-corrected chi connectivity index (χ4v) is 2.02. The van der Waals surface area contributed by atoms with Crippen LogP contribution in [0.25, 0.3) is 0 Å². The highest BCUT2D eigenvalue weighted by Gasteiger charge is 2.29. The molecule has 0 aliphatic heterocycles. The van der Waals surface area contributed by atoms with Crippen LogP contribution < -0.4 is 0 Å². The maximum Gasteiger partial charge on any atom is 0.136 e. The summed E-state index contributed by atoms with van der Waals surface area (Å²) < 4.78 is 0. The molecule has 2 saturated carbocycles. The van der Waals surface area contributed by atoms with Gasteiger partial charge in [0.15, 0.2) is 0 Å². The highest BCUT2D eigenvalue weighted by Crippen LogP contribution is 2.36. The Morgan fingerprint density at radius 2 is 1.73 bits per heavy atom. The number of ketones is 1. The van der Waals surface area contributed by atoms with Gasteiger partial charge in [-0.25, -0.2) is 0 Å². The van der Waals surface area contributed by atoms with Crippen molar-refractivity contribution in [2.75, 3.05) is 0 Å². The summed E-state index contributed by atoms with van der Waals surface area (Å²) in [5.41, 5.74) is 0. The van der Waals surface area contributed by atoms with Gasteiger partial charge in [0.25, 0.3) is 0 Å². The van der Waals surface area contributed by atoms with E-state index in [4.69, 9.17) is 0 Å². The van der Waals surface area contributed by atoms with Crippen molar-refractivity contribution in [1.29, 1.82) is 0 Å². The van der Waals surface area contributed by atoms with Gasteiger partial charge >= 0.3 is 0 Å². The van der Waals surface area contributed by atoms with E-state index < -0.39 is 0 Å². The second-order valence-electron chi connectivity index (χ2n) is 4.10. The zero-order valence-corrected chi connectivity index (χ0v) is 7.01. The van der Waals surface area contributed by atoms with Crippen molar-refractivity contribution in [3.63, 3.8) is 0 Å². The molecule has 11 heavy (non-hydrogen) atoms. The lowest BCUT2D eigenvalue weighted by molar-refractivity contribution is -0.123. The molecular formula is C10H16O. The average Bonchev–Trinajstić information content (AvgIpc) is 2.67. The Kier molecular flexibility index (Phi) is 1.97. The number of Topliss-reactive ketones (excluding diaryl/α,β-unsaturated/α-hetero) is 1. The Hall–Kier alpha value is -0.330. The van der Waals surface area contributed by atoms with Crippen LogP contribution in [0, 0.1) is 11.8 Å². The van der Waals surface area contributed by atoms with E-state index >= 15 is 0 Å². The van der Waals surface area contributed by atoms with Crippen LogP contribution in [-0.2, 0) is 4.79 Å². The first-order valence-electron chi connectivity index (χ1n) is 4.89. The molecule has 0 atom stereocenters. The third kappa shape index (κ3) is 1.82. The predicted molar refractivity (Wildman–Crippen MR) is 44.3 cm³/mol. The Morgan fingerprint density at radius 1 is 1.09 bits per heavy atom. The van der Waals surface area contributed by atoms with Gasteiger partial charge < -0.3 is 0 Å². The molecule has 0 spiro atoms. The standard InChI is InChI=1S/C10H16O/c11-10(7-8-5-6-8)9-3-1-2-4-9/h8-9H,1-7H2. The molecule has 0 unspecified atom stereocenters. The molecule has 0 amide bonds. The summed E-state index contributed by atoms with van der Waals surface area (Å²) >= 11 is 0. The van der Waals surface area contributed by atoms with Gasteiger partial charge in [0.1, 0.15) is 5.78 Å². The van der Waals surface area contributed by atoms with Crippen molar-refractivity contribution in [3.8, 4) is 0 Å². The third-order valence-electron chi connectivity index (χ3n) is 3.00. The summed E-state index contributed by atoms with van der Waals surface area (Å²) in [6.45, 7) is 0. The van der Waals surface area contributed by atoms with Gasteiger partial charge in [0.05, 0.1) is 0 Å². The molecule has 0 radical (unpaired) electrons. The molecule has 0 aromatic rings. The molecule has 0 aromatic heterocycles. The van der Waals surface area contributed by atoms with E-state index in [0.29, 0.717) is 11.7 Å². The largest absolute Gasteiger partial charge is 0.299 e. The zero-order chi connectivity index (χ0) is 7.68. The van der Waals surface area contributed by atoms with Crippen LogP contribution in [0.2, 0.25) is 0 Å². The highest BCUT2D eigenvalue weighted by molar-refractivity contribution is 5.81. The molecule has 2 fully saturated rings. The van der Waals surface area contributed by atoms with E-state index in [1.807, 2.05) is 0 Å². The molecule has 0 saturated heterocycles. The molecule has 2 rings (SSSR count). The molecule has 0 aromatic carbocycles. The lowest BCUT2D eigenvalue weighted by Crippen LogP contribution is -2.10. The van der Waals surface area contributed by atoms with Crippen LogP contribution in [0.3, 0.4) is 0 Å². The number of carbonyl (C=O) groups is 1. The molecule has 2 aliphatic carbocycles. The van der Waals surface area contributed by atoms with Gasteiger partial charge in [-0.05, 0) is 31.6 Å². The maximum absolute atomic E-state index is 11.5. The van der Waals surface area contributed by atoms with E-state index in [0.717, 1.165) is 12.3 Å². The predicted octanol–water partition coefficient (Wildman–Crippen LogP) is 2.55. The summed E-state index contributed by atoms with van der Waals surface area (Å²) in [4.78, 5) is 11.5. The summed E-state index contributed by atoms with van der Waals surface area (Å²) in [5, 5.41) is 0. The molecule has 1 nitrogen and oxygen atoms in total. The van der Waals surface area contributed by atoms with Crippen molar-refractivity contribution in [2.45, 2.75) is 44.9 Å². The summed E-state index contributed by atoms with van der Waals surface area (Å²) in [5.74, 6) is 1.84. The van der Waals surface area contributed by atoms with Crippen molar-refractivity contribution >= 4 is 5.78 Å². The normalized spacial score (nSPS) is 25.8. The van der Waals surface area contributed by atoms with Gasteiger partial charge in [-0.2, -0.15) is 0 Å². The highest BCUT2D eigenvalue weighted by atomic mass is 16.1. The lowest BCUT2D eigenvalue weighted by atomic mass is 9.98. The Morgan fingerprint density at radius 3 is 2.27 bits per heavy atom. The Bertz CT molecular complexity index is 152. The number of hydrogen-bond donors (Lipinski definition) is 0. The Balaban J connectivity index is 1.77. The van der Waals surface area contributed by atoms with Crippen LogP contribution in [0.5, 0.6) is 0 Å². The molecule has 0 N–H and O–H groups in total. The monoisotopic (exact) mass is 152 g/mol. The van der Waals surface area contributed by atoms with Crippen LogP contribution in [0.1, 0.15) is 44.9 Å². The van der Waals surface area contributed by atoms with E-state index in [9.17, 15) is 4.79 Å². The smallest absolute Gasteiger partial charge is 0.136 e. The van der Waals surface area contributed by atoms with Crippen LogP contribution in [0.4, 0.5) is 0 Å². The van der Waals surface area contributed by atoms with E-state index in [1.165, 1.54) is 38.5 Å². The van der Waals surface area contributed by atoms with Gasteiger partial charge in [-0.15, -0.1) is 0 Å².